The lowest BCUT2D eigenvalue weighted by molar-refractivity contribution is 0.242. The molecule has 17 heavy (non-hydrogen) atoms. The van der Waals surface area contributed by atoms with Crippen LogP contribution in [0.2, 0.25) is 0 Å². The third-order valence-electron chi connectivity index (χ3n) is 2.25. The molecule has 1 rings (SSSR count). The van der Waals surface area contributed by atoms with Crippen molar-refractivity contribution in [3.63, 3.8) is 0 Å². The van der Waals surface area contributed by atoms with E-state index in [0.717, 1.165) is 23.3 Å². The van der Waals surface area contributed by atoms with E-state index in [0.29, 0.717) is 0 Å². The third kappa shape index (κ3) is 5.76. The molecule has 0 amide bonds. The molecule has 3 heteroatoms. The minimum absolute atomic E-state index is 0. The number of rotatable bonds is 5. The van der Waals surface area contributed by atoms with Crippen LogP contribution < -0.4 is 10.5 Å². The van der Waals surface area contributed by atoms with E-state index in [9.17, 15) is 0 Å². The quantitative estimate of drug-likeness (QED) is 0.811. The van der Waals surface area contributed by atoms with Crippen LogP contribution in [0.3, 0.4) is 0 Å². The predicted octanol–water partition coefficient (Wildman–Crippen LogP) is 3.86. The highest BCUT2D eigenvalue weighted by Crippen LogP contribution is 2.21. The number of benzene rings is 1. The second-order valence-corrected chi connectivity index (χ2v) is 4.50. The first kappa shape index (κ1) is 16.0. The lowest BCUT2D eigenvalue weighted by Gasteiger charge is -2.14. The maximum absolute atomic E-state index is 6.05. The molecule has 0 heterocycles. The van der Waals surface area contributed by atoms with Crippen LogP contribution >= 0.6 is 12.4 Å². The molecular formula is C14H22ClNO. The van der Waals surface area contributed by atoms with Crippen molar-refractivity contribution >= 4 is 12.4 Å². The van der Waals surface area contributed by atoms with Crippen molar-refractivity contribution < 1.29 is 4.74 Å². The number of halogens is 1. The highest BCUT2D eigenvalue weighted by atomic mass is 35.5. The van der Waals surface area contributed by atoms with Crippen LogP contribution in [0, 0.1) is 0 Å². The number of hydrogen-bond acceptors (Lipinski definition) is 2. The maximum atomic E-state index is 6.05. The second-order valence-electron chi connectivity index (χ2n) is 4.50. The molecule has 96 valence electrons. The molecule has 0 saturated heterocycles. The van der Waals surface area contributed by atoms with Gasteiger partial charge < -0.3 is 10.5 Å². The minimum atomic E-state index is 0. The molecular weight excluding hydrogens is 234 g/mol. The molecule has 1 aromatic rings. The average molecular weight is 256 g/mol. The Morgan fingerprint density at radius 2 is 1.82 bits per heavy atom. The molecule has 1 aromatic carbocycles. The largest absolute Gasteiger partial charge is 0.491 e. The Balaban J connectivity index is 0.00000256. The fourth-order valence-electron chi connectivity index (χ4n) is 1.56. The molecule has 0 spiro atoms. The summed E-state index contributed by atoms with van der Waals surface area (Å²) in [5.74, 6) is 0.890. The first-order chi connectivity index (χ1) is 7.49. The fraction of sp³-hybridized carbons (Fsp3) is 0.429. The summed E-state index contributed by atoms with van der Waals surface area (Å²) in [5.41, 5.74) is 8.28. The third-order valence-corrected chi connectivity index (χ3v) is 2.25. The summed E-state index contributed by atoms with van der Waals surface area (Å²) in [6.45, 7) is 9.90. The topological polar surface area (TPSA) is 35.2 Å². The summed E-state index contributed by atoms with van der Waals surface area (Å²) in [5, 5.41) is 0. The van der Waals surface area contributed by atoms with Gasteiger partial charge >= 0.3 is 0 Å². The first-order valence-electron chi connectivity index (χ1n) is 5.65. The van der Waals surface area contributed by atoms with Crippen molar-refractivity contribution in [3.05, 3.63) is 42.0 Å². The average Bonchev–Trinajstić information content (AvgIpc) is 2.16. The smallest absolute Gasteiger partial charge is 0.119 e. The van der Waals surface area contributed by atoms with Crippen molar-refractivity contribution in [2.24, 2.45) is 5.73 Å². The molecule has 0 saturated carbocycles. The highest BCUT2D eigenvalue weighted by molar-refractivity contribution is 5.85. The van der Waals surface area contributed by atoms with Crippen molar-refractivity contribution in [1.29, 1.82) is 0 Å². The van der Waals surface area contributed by atoms with Gasteiger partial charge in [-0.3, -0.25) is 0 Å². The van der Waals surface area contributed by atoms with Crippen LogP contribution in [0.15, 0.2) is 36.4 Å². The Labute approximate surface area is 110 Å². The van der Waals surface area contributed by atoms with Crippen molar-refractivity contribution in [2.75, 3.05) is 0 Å². The second kappa shape index (κ2) is 7.36. The molecule has 2 nitrogen and oxygen atoms in total. The van der Waals surface area contributed by atoms with Gasteiger partial charge in [-0.15, -0.1) is 19.0 Å². The normalized spacial score (nSPS) is 11.8. The van der Waals surface area contributed by atoms with Crippen molar-refractivity contribution in [3.8, 4) is 5.75 Å². The van der Waals surface area contributed by atoms with Gasteiger partial charge in [0.1, 0.15) is 5.75 Å². The van der Waals surface area contributed by atoms with Gasteiger partial charge in [0.15, 0.2) is 0 Å². The zero-order valence-electron chi connectivity index (χ0n) is 10.8. The van der Waals surface area contributed by atoms with Gasteiger partial charge in [0.05, 0.1) is 6.10 Å². The summed E-state index contributed by atoms with van der Waals surface area (Å²) in [6.07, 6.45) is 1.03. The Kier molecular flexibility index (Phi) is 6.93. The van der Waals surface area contributed by atoms with Crippen molar-refractivity contribution in [1.82, 2.24) is 0 Å². The van der Waals surface area contributed by atoms with Gasteiger partial charge in [-0.2, -0.15) is 0 Å². The van der Waals surface area contributed by atoms with Crippen LogP contribution in [0.1, 0.15) is 38.8 Å². The number of ether oxygens (including phenoxy) is 1. The van der Waals surface area contributed by atoms with E-state index in [1.54, 1.807) is 0 Å². The Morgan fingerprint density at radius 3 is 2.24 bits per heavy atom. The van der Waals surface area contributed by atoms with Gasteiger partial charge in [-0.05, 0) is 44.9 Å². The van der Waals surface area contributed by atoms with Crippen LogP contribution in [-0.2, 0) is 0 Å². The van der Waals surface area contributed by atoms with Gasteiger partial charge in [0.25, 0.3) is 0 Å². The molecule has 2 N–H and O–H groups in total. The van der Waals surface area contributed by atoms with E-state index in [2.05, 4.69) is 6.58 Å². The molecule has 0 aliphatic heterocycles. The number of hydrogen-bond donors (Lipinski definition) is 1. The molecule has 0 bridgehead atoms. The summed E-state index contributed by atoms with van der Waals surface area (Å²) in [4.78, 5) is 0. The molecule has 0 radical (unpaired) electrons. The van der Waals surface area contributed by atoms with Gasteiger partial charge in [-0.1, -0.05) is 17.7 Å². The summed E-state index contributed by atoms with van der Waals surface area (Å²) >= 11 is 0. The standard InChI is InChI=1S/C14H21NO.ClH/c1-10(2)9-14(15)12-5-7-13(8-6-12)16-11(3)4;/h5-8,11,14H,1,9,15H2,2-4H3;1H/t14-;/m0./s1. The fourth-order valence-corrected chi connectivity index (χ4v) is 1.56. The SMILES string of the molecule is C=C(C)C[C@H](N)c1ccc(OC(C)C)cc1.Cl. The molecule has 0 aliphatic rings. The lowest BCUT2D eigenvalue weighted by atomic mass is 10.0. The zero-order chi connectivity index (χ0) is 12.1. The summed E-state index contributed by atoms with van der Waals surface area (Å²) < 4.78 is 5.57. The predicted molar refractivity (Wildman–Crippen MR) is 75.8 cm³/mol. The van der Waals surface area contributed by atoms with E-state index in [-0.39, 0.29) is 24.6 Å². The van der Waals surface area contributed by atoms with Crippen LogP contribution in [0.5, 0.6) is 5.75 Å². The van der Waals surface area contributed by atoms with Gasteiger partial charge in [0, 0.05) is 6.04 Å². The van der Waals surface area contributed by atoms with Crippen molar-refractivity contribution in [2.45, 2.75) is 39.3 Å². The minimum Gasteiger partial charge on any atom is -0.491 e. The Bertz CT molecular complexity index is 346. The summed E-state index contributed by atoms with van der Waals surface area (Å²) in [6, 6.07) is 8.00. The van der Waals surface area contributed by atoms with E-state index in [1.165, 1.54) is 0 Å². The molecule has 0 fully saturated rings. The lowest BCUT2D eigenvalue weighted by Crippen LogP contribution is -2.10. The number of nitrogens with two attached hydrogens (primary N) is 1. The van der Waals surface area contributed by atoms with E-state index in [4.69, 9.17) is 10.5 Å². The van der Waals surface area contributed by atoms with Gasteiger partial charge in [-0.25, -0.2) is 0 Å². The molecule has 0 aliphatic carbocycles. The molecule has 0 aromatic heterocycles. The van der Waals surface area contributed by atoms with Crippen LogP contribution in [-0.4, -0.2) is 6.10 Å². The van der Waals surface area contributed by atoms with E-state index in [1.807, 2.05) is 45.0 Å². The van der Waals surface area contributed by atoms with E-state index >= 15 is 0 Å². The van der Waals surface area contributed by atoms with Crippen LogP contribution in [0.25, 0.3) is 0 Å². The monoisotopic (exact) mass is 255 g/mol. The van der Waals surface area contributed by atoms with E-state index < -0.39 is 0 Å². The highest BCUT2D eigenvalue weighted by Gasteiger charge is 2.06. The van der Waals surface area contributed by atoms with Crippen LogP contribution in [0.4, 0.5) is 0 Å². The Hall–Kier alpha value is -0.990. The zero-order valence-corrected chi connectivity index (χ0v) is 11.6. The molecule has 1 atom stereocenters. The molecule has 0 unspecified atom stereocenters. The first-order valence-corrected chi connectivity index (χ1v) is 5.65. The summed E-state index contributed by atoms with van der Waals surface area (Å²) in [7, 11) is 0. The van der Waals surface area contributed by atoms with Gasteiger partial charge in [0.2, 0.25) is 0 Å². The Morgan fingerprint density at radius 1 is 1.29 bits per heavy atom. The maximum Gasteiger partial charge on any atom is 0.119 e.